The van der Waals surface area contributed by atoms with E-state index in [4.69, 9.17) is 23.2 Å². The van der Waals surface area contributed by atoms with Crippen LogP contribution in [0.1, 0.15) is 5.56 Å². The monoisotopic (exact) mass is 352 g/mol. The van der Waals surface area contributed by atoms with Crippen molar-refractivity contribution < 1.29 is 14.8 Å². The molecule has 0 aliphatic carbocycles. The van der Waals surface area contributed by atoms with Gasteiger partial charge in [0.25, 0.3) is 5.69 Å². The number of anilines is 1. The van der Waals surface area contributed by atoms with Gasteiger partial charge in [-0.1, -0.05) is 23.2 Å². The first-order valence-corrected chi connectivity index (χ1v) is 7.04. The Morgan fingerprint density at radius 2 is 1.74 bits per heavy atom. The molecule has 6 nitrogen and oxygen atoms in total. The van der Waals surface area contributed by atoms with Crippen LogP contribution < -0.4 is 5.32 Å². The van der Waals surface area contributed by atoms with E-state index < -0.39 is 10.8 Å². The Labute approximate surface area is 141 Å². The molecule has 23 heavy (non-hydrogen) atoms. The van der Waals surface area contributed by atoms with E-state index in [1.165, 1.54) is 48.6 Å². The molecule has 0 aliphatic heterocycles. The number of aromatic hydroxyl groups is 1. The molecule has 0 saturated carbocycles. The predicted molar refractivity (Wildman–Crippen MR) is 88.9 cm³/mol. The zero-order valence-electron chi connectivity index (χ0n) is 11.5. The number of carbonyl (C=O) groups excluding carboxylic acids is 1. The summed E-state index contributed by atoms with van der Waals surface area (Å²) in [5.41, 5.74) is 0.934. The molecule has 0 atom stereocenters. The second-order valence-electron chi connectivity index (χ2n) is 4.46. The Hall–Kier alpha value is -2.57. The van der Waals surface area contributed by atoms with Crippen LogP contribution in [0.15, 0.2) is 42.5 Å². The Kier molecular flexibility index (Phi) is 5.20. The van der Waals surface area contributed by atoms with Crippen molar-refractivity contribution in [3.8, 4) is 5.75 Å². The molecular formula is C15H10Cl2N2O4. The fourth-order valence-electron chi connectivity index (χ4n) is 1.70. The molecule has 2 aromatic carbocycles. The molecule has 0 fully saturated rings. The molecule has 118 valence electrons. The highest BCUT2D eigenvalue weighted by Crippen LogP contribution is 2.34. The number of phenols is 1. The predicted octanol–water partition coefficient (Wildman–Crippen LogP) is 4.26. The van der Waals surface area contributed by atoms with Crippen molar-refractivity contribution in [2.24, 2.45) is 0 Å². The van der Waals surface area contributed by atoms with E-state index in [2.05, 4.69) is 5.32 Å². The van der Waals surface area contributed by atoms with Crippen LogP contribution in [-0.2, 0) is 4.79 Å². The summed E-state index contributed by atoms with van der Waals surface area (Å²) in [7, 11) is 0. The van der Waals surface area contributed by atoms with Gasteiger partial charge in [-0.25, -0.2) is 0 Å². The number of non-ortho nitro benzene ring substituents is 1. The highest BCUT2D eigenvalue weighted by atomic mass is 35.5. The minimum atomic E-state index is -0.501. The molecule has 0 heterocycles. The van der Waals surface area contributed by atoms with Crippen LogP contribution in [0.5, 0.6) is 5.75 Å². The number of amides is 1. The lowest BCUT2D eigenvalue weighted by molar-refractivity contribution is -0.384. The third-order valence-electron chi connectivity index (χ3n) is 2.82. The van der Waals surface area contributed by atoms with Gasteiger partial charge in [0.1, 0.15) is 0 Å². The van der Waals surface area contributed by atoms with Crippen LogP contribution >= 0.6 is 23.2 Å². The fourth-order valence-corrected chi connectivity index (χ4v) is 2.19. The second kappa shape index (κ2) is 7.13. The van der Waals surface area contributed by atoms with E-state index in [0.29, 0.717) is 11.3 Å². The highest BCUT2D eigenvalue weighted by Gasteiger charge is 2.08. The van der Waals surface area contributed by atoms with Crippen molar-refractivity contribution in [1.82, 2.24) is 0 Å². The summed E-state index contributed by atoms with van der Waals surface area (Å²) in [6.07, 6.45) is 2.76. The molecule has 0 aromatic heterocycles. The van der Waals surface area contributed by atoms with Gasteiger partial charge in [-0.2, -0.15) is 0 Å². The zero-order valence-corrected chi connectivity index (χ0v) is 13.0. The number of carbonyl (C=O) groups is 1. The largest absolute Gasteiger partial charge is 0.505 e. The van der Waals surface area contributed by atoms with Gasteiger partial charge in [-0.05, 0) is 35.9 Å². The summed E-state index contributed by atoms with van der Waals surface area (Å²) >= 11 is 11.5. The first-order valence-electron chi connectivity index (χ1n) is 6.28. The van der Waals surface area contributed by atoms with Crippen molar-refractivity contribution >= 4 is 46.6 Å². The van der Waals surface area contributed by atoms with E-state index in [0.717, 1.165) is 0 Å². The summed E-state index contributed by atoms with van der Waals surface area (Å²) in [5, 5.41) is 22.6. The van der Waals surface area contributed by atoms with E-state index >= 15 is 0 Å². The topological polar surface area (TPSA) is 92.5 Å². The Bertz CT molecular complexity index is 766. The van der Waals surface area contributed by atoms with E-state index in [-0.39, 0.29) is 21.5 Å². The average Bonchev–Trinajstić information content (AvgIpc) is 2.51. The minimum Gasteiger partial charge on any atom is -0.505 e. The van der Waals surface area contributed by atoms with Crippen LogP contribution in [0.4, 0.5) is 11.4 Å². The number of nitro benzene ring substituents is 1. The summed E-state index contributed by atoms with van der Waals surface area (Å²) in [4.78, 5) is 21.9. The third-order valence-corrected chi connectivity index (χ3v) is 3.39. The lowest BCUT2D eigenvalue weighted by atomic mass is 10.2. The van der Waals surface area contributed by atoms with Crippen molar-refractivity contribution in [2.75, 3.05) is 5.32 Å². The van der Waals surface area contributed by atoms with Gasteiger partial charge in [0, 0.05) is 23.9 Å². The summed E-state index contributed by atoms with van der Waals surface area (Å²) in [6.45, 7) is 0. The van der Waals surface area contributed by atoms with E-state index in [9.17, 15) is 20.0 Å². The molecule has 0 radical (unpaired) electrons. The Morgan fingerprint density at radius 1 is 1.17 bits per heavy atom. The molecule has 1 amide bonds. The summed E-state index contributed by atoms with van der Waals surface area (Å²) in [5.74, 6) is -0.700. The number of rotatable bonds is 4. The van der Waals surface area contributed by atoms with Gasteiger partial charge in [0.15, 0.2) is 5.75 Å². The van der Waals surface area contributed by atoms with Gasteiger partial charge in [0.2, 0.25) is 5.91 Å². The average molecular weight is 353 g/mol. The van der Waals surface area contributed by atoms with Crippen LogP contribution in [0.3, 0.4) is 0 Å². The summed E-state index contributed by atoms with van der Waals surface area (Å²) in [6, 6.07) is 8.46. The number of halogens is 2. The van der Waals surface area contributed by atoms with E-state index in [1.54, 1.807) is 0 Å². The Balaban J connectivity index is 2.05. The number of nitro groups is 1. The Morgan fingerprint density at radius 3 is 2.26 bits per heavy atom. The second-order valence-corrected chi connectivity index (χ2v) is 5.27. The van der Waals surface area contributed by atoms with Gasteiger partial charge < -0.3 is 10.4 Å². The van der Waals surface area contributed by atoms with E-state index in [1.807, 2.05) is 0 Å². The quantitative estimate of drug-likeness (QED) is 0.372. The van der Waals surface area contributed by atoms with Crippen LogP contribution in [0, 0.1) is 10.1 Å². The number of benzene rings is 2. The van der Waals surface area contributed by atoms with Crippen LogP contribution in [0.25, 0.3) is 6.08 Å². The molecule has 0 aliphatic rings. The molecular weight excluding hydrogens is 343 g/mol. The van der Waals surface area contributed by atoms with Gasteiger partial charge >= 0.3 is 0 Å². The number of nitrogens with one attached hydrogen (secondary N) is 1. The van der Waals surface area contributed by atoms with Gasteiger partial charge in [0.05, 0.1) is 15.0 Å². The minimum absolute atomic E-state index is 0.0205. The van der Waals surface area contributed by atoms with Gasteiger partial charge in [-0.3, -0.25) is 14.9 Å². The zero-order chi connectivity index (χ0) is 17.0. The molecule has 2 rings (SSSR count). The molecule has 0 unspecified atom stereocenters. The molecule has 0 saturated heterocycles. The lowest BCUT2D eigenvalue weighted by Gasteiger charge is -2.05. The first kappa shape index (κ1) is 16.8. The third kappa shape index (κ3) is 4.45. The molecule has 0 spiro atoms. The van der Waals surface area contributed by atoms with Crippen molar-refractivity contribution in [2.45, 2.75) is 0 Å². The maximum absolute atomic E-state index is 11.8. The molecule has 8 heteroatoms. The van der Waals surface area contributed by atoms with Crippen LogP contribution in [0.2, 0.25) is 10.0 Å². The SMILES string of the molecule is O=C(/C=C/c1ccc([N+](=O)[O-])cc1)Nc1cc(Cl)c(O)c(Cl)c1. The maximum atomic E-state index is 11.8. The van der Waals surface area contributed by atoms with Crippen molar-refractivity contribution in [3.05, 3.63) is 68.2 Å². The van der Waals surface area contributed by atoms with Gasteiger partial charge in [-0.15, -0.1) is 0 Å². The smallest absolute Gasteiger partial charge is 0.269 e. The van der Waals surface area contributed by atoms with Crippen molar-refractivity contribution in [1.29, 1.82) is 0 Å². The normalized spacial score (nSPS) is 10.7. The first-order chi connectivity index (χ1) is 10.9. The summed E-state index contributed by atoms with van der Waals surface area (Å²) < 4.78 is 0. The lowest BCUT2D eigenvalue weighted by Crippen LogP contribution is -2.07. The molecule has 0 bridgehead atoms. The maximum Gasteiger partial charge on any atom is 0.269 e. The number of hydrogen-bond donors (Lipinski definition) is 2. The number of nitrogens with zero attached hydrogens (tertiary/aromatic N) is 1. The molecule has 2 N–H and O–H groups in total. The van der Waals surface area contributed by atoms with Crippen LogP contribution in [-0.4, -0.2) is 15.9 Å². The molecule has 2 aromatic rings. The number of hydrogen-bond acceptors (Lipinski definition) is 4. The fraction of sp³-hybridized carbons (Fsp3) is 0. The van der Waals surface area contributed by atoms with Crippen molar-refractivity contribution in [3.63, 3.8) is 0 Å². The number of phenolic OH excluding ortho intramolecular Hbond substituents is 1. The standard InChI is InChI=1S/C15H10Cl2N2O4/c16-12-7-10(8-13(17)15(12)21)18-14(20)6-3-9-1-4-11(5-2-9)19(22)23/h1-8,21H,(H,18,20)/b6-3+. The highest BCUT2D eigenvalue weighted by molar-refractivity contribution is 6.37.